The van der Waals surface area contributed by atoms with E-state index in [0.717, 1.165) is 5.56 Å². The number of halogens is 1. The Balaban J connectivity index is 2.07. The predicted molar refractivity (Wildman–Crippen MR) is 81.5 cm³/mol. The zero-order chi connectivity index (χ0) is 15.6. The van der Waals surface area contributed by atoms with Crippen molar-refractivity contribution >= 4 is 27.5 Å². The number of rotatable bonds is 4. The Labute approximate surface area is 129 Å². The lowest BCUT2D eigenvalue weighted by Crippen LogP contribution is -2.39. The number of sulfonamides is 1. The van der Waals surface area contributed by atoms with E-state index >= 15 is 0 Å². The summed E-state index contributed by atoms with van der Waals surface area (Å²) >= 11 is 6.02. The number of benzene rings is 1. The maximum Gasteiger partial charge on any atom is 0.242 e. The molecule has 0 saturated heterocycles. The Morgan fingerprint density at radius 3 is 2.43 bits per heavy atom. The smallest absolute Gasteiger partial charge is 0.242 e. The third kappa shape index (κ3) is 3.96. The molecule has 116 valence electrons. The van der Waals surface area contributed by atoms with Gasteiger partial charge in [0.2, 0.25) is 15.9 Å². The van der Waals surface area contributed by atoms with E-state index < -0.39 is 10.0 Å². The fraction of sp³-hybridized carbons (Fsp3) is 0.500. The Kier molecular flexibility index (Phi) is 4.91. The van der Waals surface area contributed by atoms with E-state index in [-0.39, 0.29) is 27.8 Å². The molecular weight excluding hydrogens is 312 g/mol. The van der Waals surface area contributed by atoms with E-state index in [1.165, 1.54) is 6.07 Å². The van der Waals surface area contributed by atoms with Gasteiger partial charge < -0.3 is 5.73 Å². The molecule has 1 saturated carbocycles. The van der Waals surface area contributed by atoms with Crippen molar-refractivity contribution in [3.8, 4) is 0 Å². The number of carbonyl (C=O) groups is 1. The first-order chi connectivity index (χ1) is 9.79. The number of hydrogen-bond acceptors (Lipinski definition) is 3. The second kappa shape index (κ2) is 6.34. The average Bonchev–Trinajstić information content (AvgIpc) is 2.38. The largest absolute Gasteiger partial charge is 0.369 e. The Bertz CT molecular complexity index is 638. The van der Waals surface area contributed by atoms with Gasteiger partial charge in [0.05, 0.1) is 5.02 Å². The summed E-state index contributed by atoms with van der Waals surface area (Å²) < 4.78 is 27.4. The molecule has 0 unspecified atom stereocenters. The molecule has 0 spiro atoms. The van der Waals surface area contributed by atoms with Gasteiger partial charge in [0, 0.05) is 12.0 Å². The molecule has 21 heavy (non-hydrogen) atoms. The molecule has 1 amide bonds. The molecular formula is C14H19ClN2O3S. The minimum Gasteiger partial charge on any atom is -0.369 e. The molecule has 1 fully saturated rings. The first-order valence-corrected chi connectivity index (χ1v) is 8.73. The molecule has 1 aromatic carbocycles. The van der Waals surface area contributed by atoms with Crippen molar-refractivity contribution < 1.29 is 13.2 Å². The van der Waals surface area contributed by atoms with Gasteiger partial charge >= 0.3 is 0 Å². The molecule has 0 atom stereocenters. The van der Waals surface area contributed by atoms with E-state index in [1.807, 2.05) is 6.92 Å². The topological polar surface area (TPSA) is 89.3 Å². The number of aryl methyl sites for hydroxylation is 1. The lowest BCUT2D eigenvalue weighted by molar-refractivity contribution is -0.122. The van der Waals surface area contributed by atoms with Crippen LogP contribution in [0.5, 0.6) is 0 Å². The molecule has 0 aliphatic heterocycles. The summed E-state index contributed by atoms with van der Waals surface area (Å²) in [6, 6.07) is 4.67. The first kappa shape index (κ1) is 16.3. The van der Waals surface area contributed by atoms with Crippen molar-refractivity contribution in [1.29, 1.82) is 0 Å². The van der Waals surface area contributed by atoms with Crippen LogP contribution in [0.2, 0.25) is 5.02 Å². The van der Waals surface area contributed by atoms with Crippen LogP contribution in [0, 0.1) is 12.8 Å². The fourth-order valence-electron chi connectivity index (χ4n) is 2.60. The van der Waals surface area contributed by atoms with E-state index in [0.29, 0.717) is 25.7 Å². The summed E-state index contributed by atoms with van der Waals surface area (Å²) in [6.45, 7) is 1.85. The van der Waals surface area contributed by atoms with Crippen molar-refractivity contribution in [3.05, 3.63) is 28.8 Å². The first-order valence-electron chi connectivity index (χ1n) is 6.87. The van der Waals surface area contributed by atoms with Crippen LogP contribution in [-0.2, 0) is 14.8 Å². The van der Waals surface area contributed by atoms with E-state index in [4.69, 9.17) is 17.3 Å². The molecule has 1 aliphatic carbocycles. The molecule has 3 N–H and O–H groups in total. The van der Waals surface area contributed by atoms with Crippen LogP contribution in [0.4, 0.5) is 0 Å². The zero-order valence-electron chi connectivity index (χ0n) is 11.8. The normalized spacial score (nSPS) is 23.0. The van der Waals surface area contributed by atoms with Gasteiger partial charge in [-0.25, -0.2) is 13.1 Å². The second-order valence-electron chi connectivity index (χ2n) is 5.51. The molecule has 1 aliphatic rings. The number of hydrogen-bond donors (Lipinski definition) is 2. The number of nitrogens with one attached hydrogen (secondary N) is 1. The van der Waals surface area contributed by atoms with Gasteiger partial charge in [-0.1, -0.05) is 17.7 Å². The van der Waals surface area contributed by atoms with E-state index in [9.17, 15) is 13.2 Å². The summed E-state index contributed by atoms with van der Waals surface area (Å²) in [5.74, 6) is -0.452. The molecule has 0 radical (unpaired) electrons. The lowest BCUT2D eigenvalue weighted by atomic mass is 9.86. The van der Waals surface area contributed by atoms with Gasteiger partial charge in [0.25, 0.3) is 0 Å². The highest BCUT2D eigenvalue weighted by Crippen LogP contribution is 2.27. The third-order valence-electron chi connectivity index (χ3n) is 3.83. The van der Waals surface area contributed by atoms with Crippen LogP contribution in [0.15, 0.2) is 23.1 Å². The zero-order valence-corrected chi connectivity index (χ0v) is 13.4. The molecule has 0 bridgehead atoms. The van der Waals surface area contributed by atoms with Gasteiger partial charge in [-0.15, -0.1) is 0 Å². The van der Waals surface area contributed by atoms with Gasteiger partial charge in [0.15, 0.2) is 0 Å². The summed E-state index contributed by atoms with van der Waals surface area (Å²) in [6.07, 6.45) is 2.45. The van der Waals surface area contributed by atoms with Crippen molar-refractivity contribution in [3.63, 3.8) is 0 Å². The number of carbonyl (C=O) groups excluding carboxylic acids is 1. The SMILES string of the molecule is Cc1ccc(S(=O)(=O)NC2CCC(C(N)=O)CC2)c(Cl)c1. The molecule has 0 heterocycles. The monoisotopic (exact) mass is 330 g/mol. The maximum atomic E-state index is 12.4. The Morgan fingerprint density at radius 1 is 1.29 bits per heavy atom. The van der Waals surface area contributed by atoms with E-state index in [1.54, 1.807) is 12.1 Å². The van der Waals surface area contributed by atoms with Gasteiger partial charge in [-0.05, 0) is 50.3 Å². The van der Waals surface area contributed by atoms with Crippen molar-refractivity contribution in [2.24, 2.45) is 11.7 Å². The fourth-order valence-corrected chi connectivity index (χ4v) is 4.51. The predicted octanol–water partition coefficient (Wildman–Crippen LogP) is 1.97. The minimum absolute atomic E-state index is 0.0896. The standard InChI is InChI=1S/C14H19ClN2O3S/c1-9-2-7-13(12(15)8-9)21(19,20)17-11-5-3-10(4-6-11)14(16)18/h2,7-8,10-11,17H,3-6H2,1H3,(H2,16,18). The average molecular weight is 331 g/mol. The Morgan fingerprint density at radius 2 is 1.90 bits per heavy atom. The highest BCUT2D eigenvalue weighted by Gasteiger charge is 2.28. The molecule has 1 aromatic rings. The van der Waals surface area contributed by atoms with Crippen LogP contribution < -0.4 is 10.5 Å². The third-order valence-corrected chi connectivity index (χ3v) is 5.83. The quantitative estimate of drug-likeness (QED) is 0.884. The van der Waals surface area contributed by atoms with Crippen molar-refractivity contribution in [2.75, 3.05) is 0 Å². The maximum absolute atomic E-state index is 12.4. The number of primary amides is 1. The van der Waals surface area contributed by atoms with Crippen LogP contribution in [0.25, 0.3) is 0 Å². The molecule has 0 aromatic heterocycles. The Hall–Kier alpha value is -1.11. The van der Waals surface area contributed by atoms with Gasteiger partial charge in [0.1, 0.15) is 4.90 Å². The molecule has 2 rings (SSSR count). The second-order valence-corrected chi connectivity index (χ2v) is 7.60. The number of amides is 1. The molecule has 7 heteroatoms. The van der Waals surface area contributed by atoms with Crippen LogP contribution in [0.3, 0.4) is 0 Å². The van der Waals surface area contributed by atoms with Gasteiger partial charge in [-0.3, -0.25) is 4.79 Å². The van der Waals surface area contributed by atoms with Crippen LogP contribution >= 0.6 is 11.6 Å². The van der Waals surface area contributed by atoms with Crippen molar-refractivity contribution in [1.82, 2.24) is 4.72 Å². The van der Waals surface area contributed by atoms with Crippen LogP contribution in [0.1, 0.15) is 31.2 Å². The summed E-state index contributed by atoms with van der Waals surface area (Å²) in [4.78, 5) is 11.2. The summed E-state index contributed by atoms with van der Waals surface area (Å²) in [5.41, 5.74) is 6.17. The van der Waals surface area contributed by atoms with Crippen molar-refractivity contribution in [2.45, 2.75) is 43.5 Å². The number of nitrogens with two attached hydrogens (primary N) is 1. The van der Waals surface area contributed by atoms with Crippen LogP contribution in [-0.4, -0.2) is 20.4 Å². The highest BCUT2D eigenvalue weighted by atomic mass is 35.5. The summed E-state index contributed by atoms with van der Waals surface area (Å²) in [7, 11) is -3.64. The van der Waals surface area contributed by atoms with E-state index in [2.05, 4.69) is 4.72 Å². The van der Waals surface area contributed by atoms with Gasteiger partial charge in [-0.2, -0.15) is 0 Å². The highest BCUT2D eigenvalue weighted by molar-refractivity contribution is 7.89. The summed E-state index contributed by atoms with van der Waals surface area (Å²) in [5, 5.41) is 0.216. The minimum atomic E-state index is -3.64. The lowest BCUT2D eigenvalue weighted by Gasteiger charge is -2.27. The molecule has 5 nitrogen and oxygen atoms in total.